The van der Waals surface area contributed by atoms with Gasteiger partial charge in [0.15, 0.2) is 5.13 Å². The SMILES string of the molecule is C[C@H](C(=O)Nc1nccs1)N1C(=O)c2ccccc2C1=O. The first kappa shape index (κ1) is 13.4. The minimum absolute atomic E-state index is 0.330. The largest absolute Gasteiger partial charge is 0.300 e. The molecule has 0 radical (unpaired) electrons. The Morgan fingerprint density at radius 1 is 1.24 bits per heavy atom. The van der Waals surface area contributed by atoms with Gasteiger partial charge >= 0.3 is 0 Å². The van der Waals surface area contributed by atoms with Crippen LogP contribution in [0.2, 0.25) is 0 Å². The number of rotatable bonds is 3. The zero-order valence-corrected chi connectivity index (χ0v) is 11.9. The van der Waals surface area contributed by atoms with Gasteiger partial charge in [0.2, 0.25) is 5.91 Å². The maximum Gasteiger partial charge on any atom is 0.262 e. The van der Waals surface area contributed by atoms with Crippen LogP contribution in [0.5, 0.6) is 0 Å². The maximum atomic E-state index is 12.3. The number of carbonyl (C=O) groups excluding carboxylic acids is 3. The highest BCUT2D eigenvalue weighted by molar-refractivity contribution is 7.13. The molecule has 7 heteroatoms. The number of carbonyl (C=O) groups is 3. The number of hydrogen-bond acceptors (Lipinski definition) is 5. The molecular weight excluding hydrogens is 290 g/mol. The predicted octanol–water partition coefficient (Wildman–Crippen LogP) is 1.77. The van der Waals surface area contributed by atoms with Crippen LogP contribution in [0.1, 0.15) is 27.6 Å². The molecule has 106 valence electrons. The fourth-order valence-corrected chi connectivity index (χ4v) is 2.70. The third-order valence-corrected chi connectivity index (χ3v) is 3.94. The highest BCUT2D eigenvalue weighted by Crippen LogP contribution is 2.25. The number of thiazole rings is 1. The van der Waals surface area contributed by atoms with E-state index in [0.29, 0.717) is 16.3 Å². The van der Waals surface area contributed by atoms with Crippen molar-refractivity contribution in [2.45, 2.75) is 13.0 Å². The Morgan fingerprint density at radius 2 is 1.86 bits per heavy atom. The number of nitrogens with one attached hydrogen (secondary N) is 1. The van der Waals surface area contributed by atoms with Gasteiger partial charge in [0.1, 0.15) is 6.04 Å². The summed E-state index contributed by atoms with van der Waals surface area (Å²) in [6, 6.07) is 5.64. The van der Waals surface area contributed by atoms with E-state index in [1.807, 2.05) is 0 Å². The highest BCUT2D eigenvalue weighted by Gasteiger charge is 2.40. The minimum atomic E-state index is -0.902. The summed E-state index contributed by atoms with van der Waals surface area (Å²) in [6.07, 6.45) is 1.56. The highest BCUT2D eigenvalue weighted by atomic mass is 32.1. The van der Waals surface area contributed by atoms with Crippen LogP contribution in [-0.2, 0) is 4.79 Å². The van der Waals surface area contributed by atoms with Gasteiger partial charge in [0, 0.05) is 11.6 Å². The van der Waals surface area contributed by atoms with Crippen LogP contribution < -0.4 is 5.32 Å². The molecule has 0 saturated carbocycles. The number of aromatic nitrogens is 1. The Kier molecular flexibility index (Phi) is 3.26. The monoisotopic (exact) mass is 301 g/mol. The van der Waals surface area contributed by atoms with Gasteiger partial charge in [-0.25, -0.2) is 4.98 Å². The number of anilines is 1. The molecule has 2 aromatic rings. The van der Waals surface area contributed by atoms with Crippen LogP contribution in [0, 0.1) is 0 Å². The minimum Gasteiger partial charge on any atom is -0.300 e. The molecule has 0 bridgehead atoms. The van der Waals surface area contributed by atoms with Gasteiger partial charge in [0.05, 0.1) is 11.1 Å². The maximum absolute atomic E-state index is 12.3. The summed E-state index contributed by atoms with van der Waals surface area (Å²) in [7, 11) is 0. The van der Waals surface area contributed by atoms with Crippen molar-refractivity contribution in [1.82, 2.24) is 9.88 Å². The third-order valence-electron chi connectivity index (χ3n) is 3.25. The van der Waals surface area contributed by atoms with E-state index in [4.69, 9.17) is 0 Å². The summed E-state index contributed by atoms with van der Waals surface area (Å²) < 4.78 is 0. The van der Waals surface area contributed by atoms with Crippen LogP contribution >= 0.6 is 11.3 Å². The van der Waals surface area contributed by atoms with Crippen molar-refractivity contribution in [2.24, 2.45) is 0 Å². The first-order valence-electron chi connectivity index (χ1n) is 6.27. The van der Waals surface area contributed by atoms with E-state index in [1.54, 1.807) is 35.8 Å². The van der Waals surface area contributed by atoms with Crippen molar-refractivity contribution >= 4 is 34.2 Å². The molecule has 6 nitrogen and oxygen atoms in total. The van der Waals surface area contributed by atoms with Crippen molar-refractivity contribution in [3.05, 3.63) is 47.0 Å². The quantitative estimate of drug-likeness (QED) is 0.876. The Balaban J connectivity index is 1.83. The molecule has 0 spiro atoms. The van der Waals surface area contributed by atoms with Crippen molar-refractivity contribution in [3.8, 4) is 0 Å². The van der Waals surface area contributed by atoms with E-state index in [1.165, 1.54) is 18.3 Å². The summed E-state index contributed by atoms with van der Waals surface area (Å²) in [4.78, 5) is 41.6. The van der Waals surface area contributed by atoms with Crippen LogP contribution in [0.4, 0.5) is 5.13 Å². The van der Waals surface area contributed by atoms with E-state index < -0.39 is 23.8 Å². The lowest BCUT2D eigenvalue weighted by Gasteiger charge is -2.21. The zero-order valence-electron chi connectivity index (χ0n) is 11.1. The molecule has 1 N–H and O–H groups in total. The molecule has 2 heterocycles. The Morgan fingerprint density at radius 3 is 2.38 bits per heavy atom. The number of benzene rings is 1. The number of fused-ring (bicyclic) bond motifs is 1. The molecule has 0 saturated heterocycles. The summed E-state index contributed by atoms with van der Waals surface area (Å²) >= 11 is 1.27. The molecule has 0 unspecified atom stereocenters. The Hall–Kier alpha value is -2.54. The third kappa shape index (κ3) is 2.21. The van der Waals surface area contributed by atoms with E-state index >= 15 is 0 Å². The first-order valence-corrected chi connectivity index (χ1v) is 7.15. The van der Waals surface area contributed by atoms with Crippen LogP contribution in [0.3, 0.4) is 0 Å². The fourth-order valence-electron chi connectivity index (χ4n) is 2.17. The smallest absolute Gasteiger partial charge is 0.262 e. The first-order chi connectivity index (χ1) is 10.1. The van der Waals surface area contributed by atoms with E-state index in [9.17, 15) is 14.4 Å². The number of hydrogen-bond donors (Lipinski definition) is 1. The number of nitrogens with zero attached hydrogens (tertiary/aromatic N) is 2. The van der Waals surface area contributed by atoms with E-state index in [0.717, 1.165) is 4.90 Å². The Bertz CT molecular complexity index is 692. The predicted molar refractivity (Wildman–Crippen MR) is 77.1 cm³/mol. The van der Waals surface area contributed by atoms with Crippen LogP contribution in [-0.4, -0.2) is 33.6 Å². The van der Waals surface area contributed by atoms with E-state index in [2.05, 4.69) is 10.3 Å². The molecule has 3 rings (SSSR count). The van der Waals surface area contributed by atoms with Crippen LogP contribution in [0.25, 0.3) is 0 Å². The van der Waals surface area contributed by atoms with Gasteiger partial charge < -0.3 is 5.32 Å². The molecular formula is C14H11N3O3S. The van der Waals surface area contributed by atoms with Gasteiger partial charge in [0.25, 0.3) is 11.8 Å². The van der Waals surface area contributed by atoms with Crippen molar-refractivity contribution in [1.29, 1.82) is 0 Å². The van der Waals surface area contributed by atoms with Gasteiger partial charge in [-0.15, -0.1) is 11.3 Å². The normalized spacial score (nSPS) is 15.0. The summed E-state index contributed by atoms with van der Waals surface area (Å²) in [6.45, 7) is 1.52. The topological polar surface area (TPSA) is 79.4 Å². The standard InChI is InChI=1S/C14H11N3O3S/c1-8(11(18)16-14-15-6-7-21-14)17-12(19)9-4-2-3-5-10(9)13(17)20/h2-8H,1H3,(H,15,16,18)/t8-/m1/s1. The molecule has 1 aromatic heterocycles. The molecule has 1 aliphatic rings. The molecule has 21 heavy (non-hydrogen) atoms. The fraction of sp³-hybridized carbons (Fsp3) is 0.143. The van der Waals surface area contributed by atoms with Gasteiger partial charge in [-0.2, -0.15) is 0 Å². The lowest BCUT2D eigenvalue weighted by atomic mass is 10.1. The second-order valence-corrected chi connectivity index (χ2v) is 5.42. The van der Waals surface area contributed by atoms with Crippen molar-refractivity contribution in [2.75, 3.05) is 5.32 Å². The van der Waals surface area contributed by atoms with Crippen LogP contribution in [0.15, 0.2) is 35.8 Å². The summed E-state index contributed by atoms with van der Waals surface area (Å²) in [5.74, 6) is -1.34. The van der Waals surface area contributed by atoms with E-state index in [-0.39, 0.29) is 0 Å². The second kappa shape index (κ2) is 5.10. The average Bonchev–Trinajstić information content (AvgIpc) is 3.07. The van der Waals surface area contributed by atoms with Crippen molar-refractivity contribution < 1.29 is 14.4 Å². The second-order valence-electron chi connectivity index (χ2n) is 4.53. The summed E-state index contributed by atoms with van der Waals surface area (Å²) in [5, 5.41) is 4.75. The molecule has 0 aliphatic carbocycles. The summed E-state index contributed by atoms with van der Waals surface area (Å²) in [5.41, 5.74) is 0.660. The van der Waals surface area contributed by atoms with Crippen molar-refractivity contribution in [3.63, 3.8) is 0 Å². The molecule has 1 aliphatic heterocycles. The zero-order chi connectivity index (χ0) is 15.0. The van der Waals surface area contributed by atoms with Gasteiger partial charge in [-0.1, -0.05) is 12.1 Å². The molecule has 1 aromatic carbocycles. The van der Waals surface area contributed by atoms with Gasteiger partial charge in [-0.05, 0) is 19.1 Å². The lowest BCUT2D eigenvalue weighted by molar-refractivity contribution is -0.119. The molecule has 3 amide bonds. The lowest BCUT2D eigenvalue weighted by Crippen LogP contribution is -2.45. The van der Waals surface area contributed by atoms with Gasteiger partial charge in [-0.3, -0.25) is 19.3 Å². The Labute approximate surface area is 124 Å². The molecule has 0 fully saturated rings. The number of amides is 3. The molecule has 1 atom stereocenters. The average molecular weight is 301 g/mol. The number of imide groups is 1.